The highest BCUT2D eigenvalue weighted by Crippen LogP contribution is 2.38. The number of hydrogen-bond acceptors (Lipinski definition) is 5. The Labute approximate surface area is 143 Å². The largest absolute Gasteiger partial charge is 0.489 e. The summed E-state index contributed by atoms with van der Waals surface area (Å²) in [5.74, 6) is 0.0407. The minimum Gasteiger partial charge on any atom is -0.489 e. The lowest BCUT2D eigenvalue weighted by molar-refractivity contribution is -0.118. The van der Waals surface area contributed by atoms with Gasteiger partial charge in [-0.25, -0.2) is 0 Å². The van der Waals surface area contributed by atoms with E-state index in [-0.39, 0.29) is 18.1 Å². The first kappa shape index (κ1) is 18.8. The van der Waals surface area contributed by atoms with E-state index in [2.05, 4.69) is 6.58 Å². The molecule has 1 unspecified atom stereocenters. The van der Waals surface area contributed by atoms with Crippen molar-refractivity contribution < 1.29 is 22.1 Å². The first-order valence-electron chi connectivity index (χ1n) is 6.39. The van der Waals surface area contributed by atoms with Gasteiger partial charge in [0.15, 0.2) is 5.75 Å². The number of nitrogens with two attached hydrogens (primary N) is 1. The van der Waals surface area contributed by atoms with Crippen molar-refractivity contribution in [3.63, 3.8) is 0 Å². The predicted molar refractivity (Wildman–Crippen MR) is 92.5 cm³/mol. The predicted octanol–water partition coefficient (Wildman–Crippen LogP) is 2.17. The Morgan fingerprint density at radius 3 is 2.55 bits per heavy atom. The van der Waals surface area contributed by atoms with Crippen LogP contribution in [-0.4, -0.2) is 27.2 Å². The minimum atomic E-state index is -3.65. The molecule has 1 rings (SSSR count). The summed E-state index contributed by atoms with van der Waals surface area (Å²) in [6.07, 6.45) is 2.68. The number of hydrogen-bond donors (Lipinski definition) is 1. The van der Waals surface area contributed by atoms with Crippen LogP contribution in [-0.2, 0) is 14.9 Å². The maximum absolute atomic E-state index is 11.3. The van der Waals surface area contributed by atoms with Gasteiger partial charge in [-0.1, -0.05) is 19.6 Å². The zero-order valence-corrected chi connectivity index (χ0v) is 15.3. The molecule has 8 heteroatoms. The number of primary amides is 1. The lowest BCUT2D eigenvalue weighted by Gasteiger charge is -2.19. The Balaban J connectivity index is 3.33. The van der Waals surface area contributed by atoms with Crippen molar-refractivity contribution in [1.82, 2.24) is 0 Å². The maximum atomic E-state index is 11.3. The summed E-state index contributed by atoms with van der Waals surface area (Å²) in [6.45, 7) is 5.69. The van der Waals surface area contributed by atoms with Crippen molar-refractivity contribution >= 4 is 38.6 Å². The smallest absolute Gasteiger partial charge is 0.306 e. The molecule has 22 heavy (non-hydrogen) atoms. The number of benzene rings is 1. The van der Waals surface area contributed by atoms with Crippen molar-refractivity contribution in [1.29, 1.82) is 0 Å². The number of carbonyl (C=O) groups is 1. The summed E-state index contributed by atoms with van der Waals surface area (Å²) in [6, 6.07) is 3.13. The fraction of sp³-hybridized carbons (Fsp3) is 0.357. The van der Waals surface area contributed by atoms with E-state index < -0.39 is 16.0 Å². The third-order valence-electron chi connectivity index (χ3n) is 2.70. The first-order valence-corrected chi connectivity index (χ1v) is 9.29. The maximum Gasteiger partial charge on any atom is 0.306 e. The second kappa shape index (κ2) is 7.82. The quantitative estimate of drug-likeness (QED) is 0.381. The molecule has 1 aromatic carbocycles. The summed E-state index contributed by atoms with van der Waals surface area (Å²) >= 11 is 1.97. The molecule has 0 fully saturated rings. The van der Waals surface area contributed by atoms with Crippen molar-refractivity contribution in [2.45, 2.75) is 19.3 Å². The highest BCUT2D eigenvalue weighted by atomic mass is 127. The zero-order chi connectivity index (χ0) is 16.9. The molecule has 6 nitrogen and oxygen atoms in total. The monoisotopic (exact) mass is 439 g/mol. The van der Waals surface area contributed by atoms with Crippen LogP contribution in [0.15, 0.2) is 24.8 Å². The van der Waals surface area contributed by atoms with Gasteiger partial charge in [-0.05, 0) is 40.6 Å². The molecule has 1 amide bonds. The number of halogens is 1. The molecule has 0 aliphatic rings. The molecular formula is C14H18INO5S. The Morgan fingerprint density at radius 2 is 2.05 bits per heavy atom. The van der Waals surface area contributed by atoms with Crippen LogP contribution in [0.4, 0.5) is 0 Å². The first-order chi connectivity index (χ1) is 10.2. The lowest BCUT2D eigenvalue weighted by Crippen LogP contribution is -2.16. The van der Waals surface area contributed by atoms with Gasteiger partial charge >= 0.3 is 10.1 Å². The molecule has 122 valence electrons. The average Bonchev–Trinajstić information content (AvgIpc) is 2.36. The van der Waals surface area contributed by atoms with Gasteiger partial charge in [0.1, 0.15) is 12.4 Å². The van der Waals surface area contributed by atoms with Crippen LogP contribution in [0.2, 0.25) is 0 Å². The Hall–Kier alpha value is -1.29. The molecule has 0 radical (unpaired) electrons. The van der Waals surface area contributed by atoms with Crippen LogP contribution in [0.3, 0.4) is 0 Å². The van der Waals surface area contributed by atoms with Crippen molar-refractivity contribution in [3.05, 3.63) is 33.9 Å². The van der Waals surface area contributed by atoms with E-state index >= 15 is 0 Å². The molecule has 0 bridgehead atoms. The summed E-state index contributed by atoms with van der Waals surface area (Å²) in [4.78, 5) is 11.2. The topological polar surface area (TPSA) is 95.7 Å². The molecule has 0 aliphatic carbocycles. The SMILES string of the molecule is C=CCOc1ccc(OS(C)(=O)=O)c(I)c1C(C)CC(N)=O. The van der Waals surface area contributed by atoms with Crippen molar-refractivity contribution in [2.75, 3.05) is 12.9 Å². The fourth-order valence-electron chi connectivity index (χ4n) is 1.92. The summed E-state index contributed by atoms with van der Waals surface area (Å²) in [5, 5.41) is 0. The van der Waals surface area contributed by atoms with Crippen molar-refractivity contribution in [2.24, 2.45) is 5.73 Å². The zero-order valence-electron chi connectivity index (χ0n) is 12.3. The van der Waals surface area contributed by atoms with Crippen LogP contribution in [0.25, 0.3) is 0 Å². The van der Waals surface area contributed by atoms with Gasteiger partial charge < -0.3 is 14.7 Å². The fourth-order valence-corrected chi connectivity index (χ4v) is 3.62. The number of carbonyl (C=O) groups excluding carboxylic acids is 1. The van der Waals surface area contributed by atoms with E-state index in [1.54, 1.807) is 12.1 Å². The second-order valence-electron chi connectivity index (χ2n) is 4.75. The highest BCUT2D eigenvalue weighted by Gasteiger charge is 2.22. The molecule has 0 saturated heterocycles. The van der Waals surface area contributed by atoms with E-state index in [4.69, 9.17) is 14.7 Å². The highest BCUT2D eigenvalue weighted by molar-refractivity contribution is 14.1. The van der Waals surface area contributed by atoms with E-state index in [0.29, 0.717) is 21.5 Å². The molecule has 0 saturated carbocycles. The number of ether oxygens (including phenoxy) is 1. The molecule has 0 aliphatic heterocycles. The van der Waals surface area contributed by atoms with Gasteiger partial charge in [-0.3, -0.25) is 4.79 Å². The van der Waals surface area contributed by atoms with Crippen LogP contribution >= 0.6 is 22.6 Å². The van der Waals surface area contributed by atoms with Gasteiger partial charge in [0.05, 0.1) is 9.83 Å². The minimum absolute atomic E-state index is 0.114. The molecule has 2 N–H and O–H groups in total. The summed E-state index contributed by atoms with van der Waals surface area (Å²) in [5.41, 5.74) is 5.93. The van der Waals surface area contributed by atoms with E-state index in [9.17, 15) is 13.2 Å². The Morgan fingerprint density at radius 1 is 1.45 bits per heavy atom. The lowest BCUT2D eigenvalue weighted by atomic mass is 9.96. The number of amides is 1. The van der Waals surface area contributed by atoms with Crippen LogP contribution in [0.5, 0.6) is 11.5 Å². The second-order valence-corrected chi connectivity index (χ2v) is 7.40. The summed E-state index contributed by atoms with van der Waals surface area (Å²) < 4.78 is 33.8. The van der Waals surface area contributed by atoms with Gasteiger partial charge in [-0.15, -0.1) is 0 Å². The Bertz CT molecular complexity index is 672. The third-order valence-corrected chi connectivity index (χ3v) is 4.30. The third kappa shape index (κ3) is 5.48. The van der Waals surface area contributed by atoms with Gasteiger partial charge in [0.2, 0.25) is 5.91 Å². The molecule has 0 aromatic heterocycles. The average molecular weight is 439 g/mol. The molecule has 0 heterocycles. The van der Waals surface area contributed by atoms with Gasteiger partial charge in [0, 0.05) is 12.0 Å². The van der Waals surface area contributed by atoms with Crippen LogP contribution in [0.1, 0.15) is 24.8 Å². The molecule has 1 atom stereocenters. The number of rotatable bonds is 8. The van der Waals surface area contributed by atoms with E-state index in [1.807, 2.05) is 29.5 Å². The normalized spacial score (nSPS) is 12.5. The standard InChI is InChI=1S/C14H18INO5S/c1-4-7-20-10-5-6-11(21-22(3,18)19)14(15)13(10)9(2)8-12(16)17/h4-6,9H,1,7-8H2,2-3H3,(H2,16,17). The van der Waals surface area contributed by atoms with Crippen LogP contribution in [0, 0.1) is 3.57 Å². The van der Waals surface area contributed by atoms with E-state index in [0.717, 1.165) is 6.26 Å². The summed E-state index contributed by atoms with van der Waals surface area (Å²) in [7, 11) is -3.65. The Kier molecular flexibility index (Phi) is 6.66. The van der Waals surface area contributed by atoms with Crippen molar-refractivity contribution in [3.8, 4) is 11.5 Å². The van der Waals surface area contributed by atoms with Gasteiger partial charge in [0.25, 0.3) is 0 Å². The van der Waals surface area contributed by atoms with E-state index in [1.165, 1.54) is 6.07 Å². The van der Waals surface area contributed by atoms with Crippen LogP contribution < -0.4 is 14.7 Å². The van der Waals surface area contributed by atoms with Gasteiger partial charge in [-0.2, -0.15) is 8.42 Å². The molecular weight excluding hydrogens is 421 g/mol. The molecule has 0 spiro atoms. The molecule has 1 aromatic rings.